The molecule has 0 saturated heterocycles. The van der Waals surface area contributed by atoms with Crippen LogP contribution in [0.3, 0.4) is 0 Å². The van der Waals surface area contributed by atoms with E-state index in [1.165, 1.54) is 6.08 Å². The molecule has 3 saturated carbocycles. The summed E-state index contributed by atoms with van der Waals surface area (Å²) in [6.07, 6.45) is 1.14. The molecule has 0 radical (unpaired) electrons. The first-order valence-corrected chi connectivity index (χ1v) is 13.6. The number of carbonyl (C=O) groups is 5. The second-order valence-corrected chi connectivity index (χ2v) is 12.2. The van der Waals surface area contributed by atoms with Crippen molar-refractivity contribution in [3.8, 4) is 0 Å². The summed E-state index contributed by atoms with van der Waals surface area (Å²) < 4.78 is 31.7. The van der Waals surface area contributed by atoms with Crippen molar-refractivity contribution >= 4 is 41.1 Å². The lowest BCUT2D eigenvalue weighted by molar-refractivity contribution is -0.192. The Kier molecular flexibility index (Phi) is 12.0. The van der Waals surface area contributed by atoms with E-state index in [1.54, 1.807) is 6.08 Å². The van der Waals surface area contributed by atoms with E-state index in [0.717, 1.165) is 19.4 Å². The molecule has 4 aliphatic carbocycles. The van der Waals surface area contributed by atoms with Crippen LogP contribution in [0.4, 0.5) is 13.2 Å². The van der Waals surface area contributed by atoms with Crippen LogP contribution in [0, 0.1) is 28.6 Å². The highest BCUT2D eigenvalue weighted by Gasteiger charge is 2.74. The molecular formula is C28H38ClF3O11. The third-order valence-corrected chi connectivity index (χ3v) is 9.96. The fourth-order valence-electron chi connectivity index (χ4n) is 7.26. The highest BCUT2D eigenvalue weighted by molar-refractivity contribution is 6.26. The van der Waals surface area contributed by atoms with Gasteiger partial charge in [0.05, 0.1) is 11.0 Å². The molecule has 8 atom stereocenters. The third kappa shape index (κ3) is 7.13. The van der Waals surface area contributed by atoms with E-state index >= 15 is 0 Å². The Morgan fingerprint density at radius 1 is 1.05 bits per heavy atom. The minimum atomic E-state index is -5.08. The largest absolute Gasteiger partial charge is 0.490 e. The third-order valence-electron chi connectivity index (χ3n) is 9.03. The van der Waals surface area contributed by atoms with Gasteiger partial charge >= 0.3 is 12.1 Å². The Morgan fingerprint density at radius 3 is 1.93 bits per heavy atom. The van der Waals surface area contributed by atoms with Crippen molar-refractivity contribution < 1.29 is 67.8 Å². The molecule has 0 aromatic heterocycles. The van der Waals surface area contributed by atoms with Gasteiger partial charge in [0.15, 0.2) is 11.6 Å². The number of aliphatic carboxylic acids is 3. The van der Waals surface area contributed by atoms with E-state index in [2.05, 4.69) is 0 Å². The zero-order chi connectivity index (χ0) is 33.9. The highest BCUT2D eigenvalue weighted by Crippen LogP contribution is 2.71. The molecule has 0 heterocycles. The Bertz CT molecular complexity index is 1160. The van der Waals surface area contributed by atoms with Crippen LogP contribution in [-0.4, -0.2) is 89.5 Å². The number of carboxylic acid groups (broad SMARTS) is 3. The molecule has 244 valence electrons. The van der Waals surface area contributed by atoms with E-state index < -0.39 is 63.9 Å². The second kappa shape index (κ2) is 13.4. The van der Waals surface area contributed by atoms with Crippen LogP contribution in [0.5, 0.6) is 0 Å². The summed E-state index contributed by atoms with van der Waals surface area (Å²) in [5, 5.41) is 54.3. The maximum absolute atomic E-state index is 12.6. The van der Waals surface area contributed by atoms with Crippen LogP contribution < -0.4 is 0 Å². The maximum atomic E-state index is 12.6. The zero-order valence-electron chi connectivity index (χ0n) is 24.3. The van der Waals surface area contributed by atoms with Crippen molar-refractivity contribution in [3.63, 3.8) is 0 Å². The van der Waals surface area contributed by atoms with Gasteiger partial charge in [0.1, 0.15) is 12.2 Å². The van der Waals surface area contributed by atoms with E-state index in [4.69, 9.17) is 41.3 Å². The van der Waals surface area contributed by atoms with Crippen LogP contribution in [-0.2, 0) is 24.0 Å². The van der Waals surface area contributed by atoms with Gasteiger partial charge in [0.25, 0.3) is 11.9 Å². The first-order valence-electron chi connectivity index (χ1n) is 13.2. The van der Waals surface area contributed by atoms with Crippen LogP contribution in [0.1, 0.15) is 60.3 Å². The zero-order valence-corrected chi connectivity index (χ0v) is 25.1. The van der Waals surface area contributed by atoms with Gasteiger partial charge in [0.2, 0.25) is 0 Å². The van der Waals surface area contributed by atoms with Crippen molar-refractivity contribution in [2.45, 2.75) is 83.1 Å². The molecule has 0 unspecified atom stereocenters. The van der Waals surface area contributed by atoms with Crippen molar-refractivity contribution in [1.82, 2.24) is 0 Å². The van der Waals surface area contributed by atoms with Gasteiger partial charge in [-0.05, 0) is 55.6 Å². The molecule has 15 heteroatoms. The van der Waals surface area contributed by atoms with E-state index in [1.807, 2.05) is 26.8 Å². The lowest BCUT2D eigenvalue weighted by atomic mass is 9.45. The molecule has 0 spiro atoms. The summed E-state index contributed by atoms with van der Waals surface area (Å²) in [5.41, 5.74) is -2.25. The molecule has 0 bridgehead atoms. The number of aliphatic hydroxyl groups is 3. The number of alkyl halides is 4. The summed E-state index contributed by atoms with van der Waals surface area (Å²) in [4.78, 5) is 50.4. The Labute approximate surface area is 251 Å². The van der Waals surface area contributed by atoms with Gasteiger partial charge in [-0.1, -0.05) is 32.4 Å². The average molecular weight is 643 g/mol. The number of aliphatic hydroxyl groups excluding tert-OH is 2. The number of carboxylic acids is 3. The number of allylic oxidation sites excluding steroid dienone is 4. The van der Waals surface area contributed by atoms with Gasteiger partial charge < -0.3 is 30.6 Å². The molecule has 3 fully saturated rings. The van der Waals surface area contributed by atoms with Crippen molar-refractivity contribution in [2.75, 3.05) is 6.61 Å². The second-order valence-electron chi connectivity index (χ2n) is 11.6. The topological polar surface area (TPSA) is 207 Å². The summed E-state index contributed by atoms with van der Waals surface area (Å²) >= 11 is 7.30. The van der Waals surface area contributed by atoms with Crippen LogP contribution in [0.15, 0.2) is 23.8 Å². The first-order chi connectivity index (χ1) is 19.4. The number of hydrogen-bond acceptors (Lipinski definition) is 8. The maximum Gasteiger partial charge on any atom is 0.490 e. The molecule has 6 N–H and O–H groups in total. The van der Waals surface area contributed by atoms with Crippen LogP contribution in [0.2, 0.25) is 0 Å². The highest BCUT2D eigenvalue weighted by atomic mass is 35.5. The standard InChI is InChI=1S/C22H29ClO5.C2HF3O2.2C2H4O2/c1-12-8-16-15-5-4-13-9-14(25)6-7-19(13,2)21(15,23)17(26)10-20(16,3)22(12,28)18(27)11-24;3-2(4,5)1(6)7;2*1-2(3)4/h6-7,9,12,15-17,24,26,28H,4-5,8,10-11H2,1-3H3;(H,6,7);2*1H3,(H,3,4)/t12-,15-,16-,17-,19-,20-,21-,22-;;;/m0.../s1. The number of carbonyl (C=O) groups excluding carboxylic acids is 2. The van der Waals surface area contributed by atoms with Gasteiger partial charge in [0, 0.05) is 24.7 Å². The molecular weight excluding hydrogens is 605 g/mol. The fourth-order valence-corrected chi connectivity index (χ4v) is 7.78. The molecule has 0 aromatic carbocycles. The van der Waals surface area contributed by atoms with Gasteiger partial charge in [-0.3, -0.25) is 19.2 Å². The predicted molar refractivity (Wildman–Crippen MR) is 145 cm³/mol. The summed E-state index contributed by atoms with van der Waals surface area (Å²) in [7, 11) is 0. The van der Waals surface area contributed by atoms with Crippen molar-refractivity contribution in [1.29, 1.82) is 0 Å². The first kappa shape index (κ1) is 38.2. The van der Waals surface area contributed by atoms with Gasteiger partial charge in [-0.25, -0.2) is 4.79 Å². The quantitative estimate of drug-likeness (QED) is 0.241. The Hall–Kier alpha value is -2.81. The number of ketones is 2. The number of rotatable bonds is 2. The molecule has 4 aliphatic rings. The average Bonchev–Trinajstić information content (AvgIpc) is 3.05. The van der Waals surface area contributed by atoms with Gasteiger partial charge in [-0.15, -0.1) is 11.6 Å². The SMILES string of the molecule is CC(=O)O.CC(=O)O.C[C@H]1C[C@H]2[C@@H]3CCC4=CC(=O)C=C[C@]4(C)[C@@]3(Cl)[C@@H](O)C[C@]2(C)[C@@]1(O)C(=O)CO.O=C(O)C(F)(F)F. The summed E-state index contributed by atoms with van der Waals surface area (Å²) in [6.45, 7) is 7.14. The molecule has 0 amide bonds. The van der Waals surface area contributed by atoms with Crippen molar-refractivity contribution in [3.05, 3.63) is 23.8 Å². The van der Waals surface area contributed by atoms with E-state index in [0.29, 0.717) is 19.3 Å². The molecule has 43 heavy (non-hydrogen) atoms. The Morgan fingerprint density at radius 2 is 1.51 bits per heavy atom. The van der Waals surface area contributed by atoms with E-state index in [-0.39, 0.29) is 30.0 Å². The smallest absolute Gasteiger partial charge is 0.481 e. The monoisotopic (exact) mass is 642 g/mol. The van der Waals surface area contributed by atoms with E-state index in [9.17, 15) is 38.1 Å². The van der Waals surface area contributed by atoms with Crippen LogP contribution in [0.25, 0.3) is 0 Å². The normalized spacial score (nSPS) is 37.2. The lowest BCUT2D eigenvalue weighted by Gasteiger charge is -2.63. The van der Waals surface area contributed by atoms with Crippen molar-refractivity contribution in [2.24, 2.45) is 28.6 Å². The number of halogens is 4. The fraction of sp³-hybridized carbons (Fsp3) is 0.679. The molecule has 4 rings (SSSR count). The number of fused-ring (bicyclic) bond motifs is 5. The van der Waals surface area contributed by atoms with Crippen LogP contribution >= 0.6 is 11.6 Å². The molecule has 11 nitrogen and oxygen atoms in total. The number of hydrogen-bond donors (Lipinski definition) is 6. The summed E-state index contributed by atoms with van der Waals surface area (Å²) in [6, 6.07) is 0. The predicted octanol–water partition coefficient (Wildman–Crippen LogP) is 2.98. The minimum Gasteiger partial charge on any atom is -0.481 e. The lowest BCUT2D eigenvalue weighted by Crippen LogP contribution is -2.69. The minimum absolute atomic E-state index is 0.0567. The van der Waals surface area contributed by atoms with Gasteiger partial charge in [-0.2, -0.15) is 13.2 Å². The molecule has 0 aliphatic heterocycles. The molecule has 0 aromatic rings. The number of Topliss-reactive ketones (excluding diaryl/α,β-unsaturated/α-hetero) is 1. The Balaban J connectivity index is 0.000000513. The summed E-state index contributed by atoms with van der Waals surface area (Å²) in [5.74, 6) is -5.57.